The SMILES string of the molecule is CCCSc1nc(NCCOCC)c2cnn(CCNC(=O)C(C)(C)Oc3ccc(Cl)cc3)c2n1. The van der Waals surface area contributed by atoms with Crippen LogP contribution >= 0.6 is 23.4 Å². The minimum absolute atomic E-state index is 0.226. The molecule has 1 amide bonds. The first-order valence-corrected chi connectivity index (χ1v) is 13.1. The lowest BCUT2D eigenvalue weighted by Crippen LogP contribution is -2.47. The van der Waals surface area contributed by atoms with Gasteiger partial charge in [0.15, 0.2) is 16.4 Å². The van der Waals surface area contributed by atoms with E-state index in [1.165, 1.54) is 0 Å². The Hall–Kier alpha value is -2.56. The fourth-order valence-electron chi connectivity index (χ4n) is 3.21. The molecule has 190 valence electrons. The second-order valence-electron chi connectivity index (χ2n) is 8.25. The number of halogens is 1. The Morgan fingerprint density at radius 2 is 1.94 bits per heavy atom. The molecule has 0 bridgehead atoms. The molecule has 0 atom stereocenters. The number of nitrogens with zero attached hydrogens (tertiary/aromatic N) is 4. The number of rotatable bonds is 14. The minimum Gasteiger partial charge on any atom is -0.478 e. The summed E-state index contributed by atoms with van der Waals surface area (Å²) in [5.74, 6) is 2.01. The molecule has 2 heterocycles. The van der Waals surface area contributed by atoms with Crippen molar-refractivity contribution in [3.8, 4) is 5.75 Å². The molecule has 2 N–H and O–H groups in total. The van der Waals surface area contributed by atoms with Crippen molar-refractivity contribution in [1.29, 1.82) is 0 Å². The molecular weight excluding hydrogens is 488 g/mol. The van der Waals surface area contributed by atoms with Gasteiger partial charge in [-0.2, -0.15) is 5.10 Å². The van der Waals surface area contributed by atoms with Crippen LogP contribution in [0.15, 0.2) is 35.6 Å². The number of ether oxygens (including phenoxy) is 2. The summed E-state index contributed by atoms with van der Waals surface area (Å²) in [4.78, 5) is 22.2. The number of nitrogens with one attached hydrogen (secondary N) is 2. The summed E-state index contributed by atoms with van der Waals surface area (Å²) in [5.41, 5.74) is -0.326. The highest BCUT2D eigenvalue weighted by Gasteiger charge is 2.29. The molecule has 0 fully saturated rings. The zero-order valence-electron chi connectivity index (χ0n) is 20.6. The summed E-state index contributed by atoms with van der Waals surface area (Å²) in [5, 5.41) is 12.9. The van der Waals surface area contributed by atoms with Crippen LogP contribution in [-0.2, 0) is 16.1 Å². The topological polar surface area (TPSA) is 103 Å². The Morgan fingerprint density at radius 3 is 2.66 bits per heavy atom. The van der Waals surface area contributed by atoms with Crippen molar-refractivity contribution in [1.82, 2.24) is 25.1 Å². The zero-order valence-corrected chi connectivity index (χ0v) is 22.2. The first-order valence-electron chi connectivity index (χ1n) is 11.7. The first-order chi connectivity index (χ1) is 16.8. The van der Waals surface area contributed by atoms with E-state index < -0.39 is 5.60 Å². The first kappa shape index (κ1) is 27.0. The molecule has 0 aliphatic carbocycles. The van der Waals surface area contributed by atoms with E-state index in [0.717, 1.165) is 29.0 Å². The van der Waals surface area contributed by atoms with Crippen LogP contribution in [0.1, 0.15) is 34.1 Å². The van der Waals surface area contributed by atoms with Gasteiger partial charge in [0, 0.05) is 30.5 Å². The third-order valence-corrected chi connectivity index (χ3v) is 6.30. The van der Waals surface area contributed by atoms with E-state index in [1.54, 1.807) is 60.8 Å². The van der Waals surface area contributed by atoms with Crippen LogP contribution in [0.2, 0.25) is 5.02 Å². The summed E-state index contributed by atoms with van der Waals surface area (Å²) >= 11 is 7.53. The van der Waals surface area contributed by atoms with Crippen LogP contribution in [0.25, 0.3) is 11.0 Å². The number of anilines is 1. The van der Waals surface area contributed by atoms with Gasteiger partial charge in [-0.25, -0.2) is 14.6 Å². The second-order valence-corrected chi connectivity index (χ2v) is 9.75. The van der Waals surface area contributed by atoms with E-state index >= 15 is 0 Å². The molecule has 9 nitrogen and oxygen atoms in total. The maximum Gasteiger partial charge on any atom is 0.263 e. The Kier molecular flexibility index (Phi) is 10.00. The fourth-order valence-corrected chi connectivity index (χ4v) is 4.03. The van der Waals surface area contributed by atoms with Crippen molar-refractivity contribution in [2.45, 2.75) is 51.4 Å². The van der Waals surface area contributed by atoms with Crippen LogP contribution in [0, 0.1) is 0 Å². The van der Waals surface area contributed by atoms with Gasteiger partial charge in [-0.1, -0.05) is 30.3 Å². The van der Waals surface area contributed by atoms with Crippen molar-refractivity contribution in [3.05, 3.63) is 35.5 Å². The Labute approximate surface area is 215 Å². The van der Waals surface area contributed by atoms with Crippen molar-refractivity contribution < 1.29 is 14.3 Å². The van der Waals surface area contributed by atoms with Gasteiger partial charge >= 0.3 is 0 Å². The van der Waals surface area contributed by atoms with Crippen molar-refractivity contribution in [2.24, 2.45) is 0 Å². The molecule has 0 spiro atoms. The zero-order chi connectivity index (χ0) is 25.3. The predicted octanol–water partition coefficient (Wildman–Crippen LogP) is 4.40. The molecular formula is C24H33ClN6O3S. The van der Waals surface area contributed by atoms with E-state index in [9.17, 15) is 4.79 Å². The van der Waals surface area contributed by atoms with Crippen LogP contribution in [0.4, 0.5) is 5.82 Å². The molecule has 0 radical (unpaired) electrons. The van der Waals surface area contributed by atoms with Gasteiger partial charge < -0.3 is 20.1 Å². The maximum atomic E-state index is 12.8. The summed E-state index contributed by atoms with van der Waals surface area (Å²) in [6, 6.07) is 6.92. The van der Waals surface area contributed by atoms with Gasteiger partial charge in [0.05, 0.1) is 24.7 Å². The molecule has 2 aromatic heterocycles. The average molecular weight is 521 g/mol. The van der Waals surface area contributed by atoms with Crippen LogP contribution in [0.3, 0.4) is 0 Å². The van der Waals surface area contributed by atoms with Crippen molar-refractivity contribution in [3.63, 3.8) is 0 Å². The van der Waals surface area contributed by atoms with Crippen LogP contribution in [0.5, 0.6) is 5.75 Å². The van der Waals surface area contributed by atoms with Gasteiger partial charge in [0.1, 0.15) is 11.6 Å². The minimum atomic E-state index is -1.05. The molecule has 0 aliphatic rings. The highest BCUT2D eigenvalue weighted by Crippen LogP contribution is 2.25. The summed E-state index contributed by atoms with van der Waals surface area (Å²) in [6.07, 6.45) is 2.78. The fraction of sp³-hybridized carbons (Fsp3) is 0.500. The second kappa shape index (κ2) is 12.9. The standard InChI is InChI=1S/C24H33ClN6O3S/c1-5-15-35-23-29-20(26-12-14-33-6-2)19-16-28-31(21(19)30-23)13-11-27-22(32)24(3,4)34-18-9-7-17(25)8-10-18/h7-10,16H,5-6,11-15H2,1-4H3,(H,27,32)(H,26,29,30). The van der Waals surface area contributed by atoms with Gasteiger partial charge in [-0.3, -0.25) is 4.79 Å². The monoisotopic (exact) mass is 520 g/mol. The van der Waals surface area contributed by atoms with Gasteiger partial charge in [0.25, 0.3) is 5.91 Å². The molecule has 0 saturated heterocycles. The molecule has 3 aromatic rings. The number of carbonyl (C=O) groups is 1. The van der Waals surface area contributed by atoms with Crippen LogP contribution in [-0.4, -0.2) is 63.3 Å². The molecule has 3 rings (SSSR count). The lowest BCUT2D eigenvalue weighted by atomic mass is 10.1. The van der Waals surface area contributed by atoms with E-state index in [-0.39, 0.29) is 5.91 Å². The maximum absolute atomic E-state index is 12.8. The molecule has 0 unspecified atom stereocenters. The average Bonchev–Trinajstić information content (AvgIpc) is 3.24. The van der Waals surface area contributed by atoms with E-state index in [0.29, 0.717) is 48.8 Å². The van der Waals surface area contributed by atoms with E-state index in [2.05, 4.69) is 27.6 Å². The van der Waals surface area contributed by atoms with Gasteiger partial charge in [-0.15, -0.1) is 0 Å². The molecule has 0 aliphatic heterocycles. The van der Waals surface area contributed by atoms with Crippen LogP contribution < -0.4 is 15.4 Å². The normalized spacial score (nSPS) is 11.6. The largest absolute Gasteiger partial charge is 0.478 e. The quantitative estimate of drug-likeness (QED) is 0.183. The Balaban J connectivity index is 1.66. The summed E-state index contributed by atoms with van der Waals surface area (Å²) in [6.45, 7) is 10.3. The van der Waals surface area contributed by atoms with Gasteiger partial charge in [0.2, 0.25) is 0 Å². The number of amides is 1. The number of thioether (sulfide) groups is 1. The lowest BCUT2D eigenvalue weighted by Gasteiger charge is -2.25. The van der Waals surface area contributed by atoms with E-state index in [1.807, 2.05) is 6.92 Å². The molecule has 35 heavy (non-hydrogen) atoms. The molecule has 0 saturated carbocycles. The Bertz CT molecular complexity index is 1110. The highest BCUT2D eigenvalue weighted by molar-refractivity contribution is 7.99. The summed E-state index contributed by atoms with van der Waals surface area (Å²) < 4.78 is 13.1. The molecule has 11 heteroatoms. The van der Waals surface area contributed by atoms with Crippen molar-refractivity contribution >= 4 is 46.1 Å². The van der Waals surface area contributed by atoms with Gasteiger partial charge in [-0.05, 0) is 51.5 Å². The third-order valence-electron chi connectivity index (χ3n) is 5.00. The smallest absolute Gasteiger partial charge is 0.263 e. The highest BCUT2D eigenvalue weighted by atomic mass is 35.5. The van der Waals surface area contributed by atoms with E-state index in [4.69, 9.17) is 26.1 Å². The number of hydrogen-bond acceptors (Lipinski definition) is 8. The number of fused-ring (bicyclic) bond motifs is 1. The van der Waals surface area contributed by atoms with Crippen molar-refractivity contribution in [2.75, 3.05) is 37.4 Å². The lowest BCUT2D eigenvalue weighted by molar-refractivity contribution is -0.134. The number of benzene rings is 1. The number of carbonyl (C=O) groups excluding carboxylic acids is 1. The summed E-state index contributed by atoms with van der Waals surface area (Å²) in [7, 11) is 0. The third kappa shape index (κ3) is 7.71. The Morgan fingerprint density at radius 1 is 1.17 bits per heavy atom. The number of hydrogen-bond donors (Lipinski definition) is 2. The molecule has 1 aromatic carbocycles. The number of aromatic nitrogens is 4. The predicted molar refractivity (Wildman–Crippen MR) is 140 cm³/mol.